The molecule has 0 bridgehead atoms. The van der Waals surface area contributed by atoms with Crippen LogP contribution >= 0.6 is 0 Å². The lowest BCUT2D eigenvalue weighted by Crippen LogP contribution is -2.01. The third kappa shape index (κ3) is 2.70. The topological polar surface area (TPSA) is 47.9 Å². The van der Waals surface area contributed by atoms with Crippen LogP contribution < -0.4 is 4.74 Å². The summed E-state index contributed by atoms with van der Waals surface area (Å²) in [6.07, 6.45) is 0.232. The number of halogens is 1. The highest BCUT2D eigenvalue weighted by Gasteiger charge is 2.00. The number of rotatable bonds is 3. The van der Waals surface area contributed by atoms with Crippen molar-refractivity contribution in [2.24, 2.45) is 0 Å². The zero-order valence-corrected chi connectivity index (χ0v) is 7.80. The lowest BCUT2D eigenvalue weighted by atomic mass is 10.2. The van der Waals surface area contributed by atoms with Crippen LogP contribution in [0.4, 0.5) is 4.39 Å². The average molecular weight is 205 g/mol. The van der Waals surface area contributed by atoms with Crippen LogP contribution in [0.2, 0.25) is 0 Å². The van der Waals surface area contributed by atoms with E-state index in [1.165, 1.54) is 0 Å². The van der Waals surface area contributed by atoms with Crippen LogP contribution in [0.5, 0.6) is 6.01 Å². The van der Waals surface area contributed by atoms with Crippen LogP contribution in [0.25, 0.3) is 0 Å². The SMILES string of the molecule is Fc1ncnc(OCc2ccccc2)n1. The Morgan fingerprint density at radius 3 is 2.67 bits per heavy atom. The minimum Gasteiger partial charge on any atom is -0.458 e. The number of hydrogen-bond acceptors (Lipinski definition) is 4. The third-order valence-corrected chi connectivity index (χ3v) is 1.73. The Morgan fingerprint density at radius 2 is 1.93 bits per heavy atom. The molecule has 5 heteroatoms. The molecule has 0 fully saturated rings. The first-order valence-corrected chi connectivity index (χ1v) is 4.36. The smallest absolute Gasteiger partial charge is 0.322 e. The summed E-state index contributed by atoms with van der Waals surface area (Å²) in [4.78, 5) is 10.3. The van der Waals surface area contributed by atoms with Crippen LogP contribution in [0.1, 0.15) is 5.56 Å². The number of hydrogen-bond donors (Lipinski definition) is 0. The van der Waals surface area contributed by atoms with E-state index in [1.807, 2.05) is 30.3 Å². The highest BCUT2D eigenvalue weighted by Crippen LogP contribution is 2.04. The molecule has 0 spiro atoms. The van der Waals surface area contributed by atoms with Crippen molar-refractivity contribution < 1.29 is 9.13 Å². The van der Waals surface area contributed by atoms with Gasteiger partial charge in [0.15, 0.2) is 0 Å². The van der Waals surface area contributed by atoms with Gasteiger partial charge in [-0.3, -0.25) is 0 Å². The van der Waals surface area contributed by atoms with E-state index in [0.29, 0.717) is 6.61 Å². The molecule has 76 valence electrons. The first-order chi connectivity index (χ1) is 7.34. The van der Waals surface area contributed by atoms with E-state index in [9.17, 15) is 4.39 Å². The van der Waals surface area contributed by atoms with E-state index in [2.05, 4.69) is 15.0 Å². The molecule has 1 aromatic carbocycles. The molecule has 15 heavy (non-hydrogen) atoms. The molecule has 0 aliphatic heterocycles. The third-order valence-electron chi connectivity index (χ3n) is 1.73. The summed E-state index contributed by atoms with van der Waals surface area (Å²) in [6.45, 7) is 0.310. The zero-order chi connectivity index (χ0) is 10.5. The predicted molar refractivity (Wildman–Crippen MR) is 50.6 cm³/mol. The Labute approximate surface area is 85.8 Å². The molecule has 2 rings (SSSR count). The van der Waals surface area contributed by atoms with Crippen molar-refractivity contribution in [3.05, 3.63) is 48.3 Å². The van der Waals surface area contributed by atoms with Crippen molar-refractivity contribution in [1.29, 1.82) is 0 Å². The monoisotopic (exact) mass is 205 g/mol. The Balaban J connectivity index is 1.99. The molecule has 0 N–H and O–H groups in total. The average Bonchev–Trinajstić information content (AvgIpc) is 2.28. The van der Waals surface area contributed by atoms with E-state index < -0.39 is 6.08 Å². The van der Waals surface area contributed by atoms with Crippen molar-refractivity contribution in [2.75, 3.05) is 0 Å². The molecule has 0 saturated carbocycles. The summed E-state index contributed by atoms with van der Waals surface area (Å²) in [6, 6.07) is 9.49. The maximum Gasteiger partial charge on any atom is 0.322 e. The summed E-state index contributed by atoms with van der Waals surface area (Å²) < 4.78 is 17.7. The summed E-state index contributed by atoms with van der Waals surface area (Å²) in [5, 5.41) is 0. The fourth-order valence-electron chi connectivity index (χ4n) is 1.05. The van der Waals surface area contributed by atoms with E-state index in [-0.39, 0.29) is 6.01 Å². The van der Waals surface area contributed by atoms with Gasteiger partial charge in [-0.25, -0.2) is 0 Å². The molecule has 1 aromatic heterocycles. The zero-order valence-electron chi connectivity index (χ0n) is 7.80. The number of benzene rings is 1. The second-order valence-electron chi connectivity index (χ2n) is 2.81. The molecule has 0 aliphatic rings. The van der Waals surface area contributed by atoms with Gasteiger partial charge in [0.25, 0.3) is 0 Å². The van der Waals surface area contributed by atoms with Gasteiger partial charge in [0.1, 0.15) is 12.9 Å². The van der Waals surface area contributed by atoms with Crippen LogP contribution in [-0.4, -0.2) is 15.0 Å². The standard InChI is InChI=1S/C10H8FN3O/c11-9-12-7-13-10(14-9)15-6-8-4-2-1-3-5-8/h1-5,7H,6H2. The first-order valence-electron chi connectivity index (χ1n) is 4.36. The molecule has 4 nitrogen and oxygen atoms in total. The van der Waals surface area contributed by atoms with Crippen LogP contribution in [0.3, 0.4) is 0 Å². The van der Waals surface area contributed by atoms with Gasteiger partial charge in [0.2, 0.25) is 0 Å². The summed E-state index contributed by atoms with van der Waals surface area (Å²) in [7, 11) is 0. The number of aromatic nitrogens is 3. The molecule has 2 aromatic rings. The van der Waals surface area contributed by atoms with Crippen molar-refractivity contribution >= 4 is 0 Å². The molecule has 0 amide bonds. The first kappa shape index (κ1) is 9.51. The van der Waals surface area contributed by atoms with Gasteiger partial charge in [-0.15, -0.1) is 4.98 Å². The highest BCUT2D eigenvalue weighted by molar-refractivity contribution is 5.14. The summed E-state index contributed by atoms with van der Waals surface area (Å²) in [5.74, 6) is 0. The Kier molecular flexibility index (Phi) is 2.82. The van der Waals surface area contributed by atoms with E-state index in [1.54, 1.807) is 0 Å². The van der Waals surface area contributed by atoms with E-state index in [4.69, 9.17) is 4.74 Å². The molecular formula is C10H8FN3O. The largest absolute Gasteiger partial charge is 0.458 e. The van der Waals surface area contributed by atoms with Gasteiger partial charge in [-0.05, 0) is 5.56 Å². The van der Waals surface area contributed by atoms with Crippen molar-refractivity contribution in [1.82, 2.24) is 15.0 Å². The highest BCUT2D eigenvalue weighted by atomic mass is 19.1. The maximum atomic E-state index is 12.6. The molecule has 0 atom stereocenters. The minimum absolute atomic E-state index is 0.00801. The Hall–Kier alpha value is -2.04. The lowest BCUT2D eigenvalue weighted by Gasteiger charge is -2.02. The number of nitrogens with zero attached hydrogens (tertiary/aromatic N) is 3. The molecule has 0 radical (unpaired) electrons. The van der Waals surface area contributed by atoms with Crippen LogP contribution in [0.15, 0.2) is 36.7 Å². The van der Waals surface area contributed by atoms with Gasteiger partial charge in [-0.2, -0.15) is 14.4 Å². The van der Waals surface area contributed by atoms with Crippen LogP contribution in [0, 0.1) is 6.08 Å². The number of ether oxygens (including phenoxy) is 1. The predicted octanol–water partition coefficient (Wildman–Crippen LogP) is 1.59. The van der Waals surface area contributed by atoms with Crippen molar-refractivity contribution in [2.45, 2.75) is 6.61 Å². The van der Waals surface area contributed by atoms with E-state index >= 15 is 0 Å². The second-order valence-corrected chi connectivity index (χ2v) is 2.81. The van der Waals surface area contributed by atoms with E-state index in [0.717, 1.165) is 11.9 Å². The normalized spacial score (nSPS) is 9.93. The van der Waals surface area contributed by atoms with Gasteiger partial charge in [-0.1, -0.05) is 30.3 Å². The lowest BCUT2D eigenvalue weighted by molar-refractivity contribution is 0.272. The quantitative estimate of drug-likeness (QED) is 0.763. The molecule has 0 aliphatic carbocycles. The fraction of sp³-hybridized carbons (Fsp3) is 0.100. The molecule has 0 saturated heterocycles. The maximum absolute atomic E-state index is 12.6. The van der Waals surface area contributed by atoms with Crippen LogP contribution in [-0.2, 0) is 6.61 Å². The minimum atomic E-state index is -0.840. The second kappa shape index (κ2) is 4.45. The van der Waals surface area contributed by atoms with Gasteiger partial charge >= 0.3 is 12.1 Å². The van der Waals surface area contributed by atoms with Crippen molar-refractivity contribution in [3.8, 4) is 6.01 Å². The Morgan fingerprint density at radius 1 is 1.13 bits per heavy atom. The molecule has 1 heterocycles. The summed E-state index contributed by atoms with van der Waals surface area (Å²) in [5.41, 5.74) is 0.971. The summed E-state index contributed by atoms with van der Waals surface area (Å²) >= 11 is 0. The molecule has 0 unspecified atom stereocenters. The Bertz CT molecular complexity index is 436. The van der Waals surface area contributed by atoms with Gasteiger partial charge in [0, 0.05) is 0 Å². The fourth-order valence-corrected chi connectivity index (χ4v) is 1.05. The molecular weight excluding hydrogens is 197 g/mol. The van der Waals surface area contributed by atoms with Gasteiger partial charge in [0.05, 0.1) is 0 Å². The van der Waals surface area contributed by atoms with Gasteiger partial charge < -0.3 is 4.74 Å². The van der Waals surface area contributed by atoms with Crippen molar-refractivity contribution in [3.63, 3.8) is 0 Å².